The van der Waals surface area contributed by atoms with Crippen LogP contribution in [-0.2, 0) is 0 Å². The molecular weight excluding hydrogens is 270 g/mol. The van der Waals surface area contributed by atoms with Crippen LogP contribution in [0.4, 0.5) is 0 Å². The molecule has 1 aliphatic heterocycles. The van der Waals surface area contributed by atoms with Gasteiger partial charge in [0, 0.05) is 13.1 Å². The summed E-state index contributed by atoms with van der Waals surface area (Å²) in [4.78, 5) is 16.0. The second-order valence-electron chi connectivity index (χ2n) is 5.58. The number of nitrogens with zero attached hydrogens (tertiary/aromatic N) is 1. The number of aliphatic hydroxyl groups excluding tert-OH is 1. The number of likely N-dealkylation sites (tertiary alicyclic amines) is 1. The normalized spacial score (nSPS) is 17.4. The first kappa shape index (κ1) is 15.1. The zero-order valence-corrected chi connectivity index (χ0v) is 12.9. The number of carbonyl (C=O) groups is 1. The largest absolute Gasteiger partial charge is 0.384 e. The Morgan fingerprint density at radius 1 is 1.45 bits per heavy atom. The first-order valence-electron chi connectivity index (χ1n) is 7.07. The maximum absolute atomic E-state index is 12.4. The van der Waals surface area contributed by atoms with Crippen molar-refractivity contribution in [2.75, 3.05) is 19.7 Å². The molecule has 1 fully saturated rings. The van der Waals surface area contributed by atoms with Crippen molar-refractivity contribution in [3.05, 3.63) is 21.9 Å². The van der Waals surface area contributed by atoms with Gasteiger partial charge >= 0.3 is 0 Å². The Labute approximate surface area is 124 Å². The highest BCUT2D eigenvalue weighted by molar-refractivity contribution is 7.14. The van der Waals surface area contributed by atoms with Gasteiger partial charge < -0.3 is 10.0 Å². The van der Waals surface area contributed by atoms with E-state index in [9.17, 15) is 4.79 Å². The first-order valence-corrected chi connectivity index (χ1v) is 7.88. The number of amides is 1. The van der Waals surface area contributed by atoms with Crippen molar-refractivity contribution < 1.29 is 9.90 Å². The van der Waals surface area contributed by atoms with Gasteiger partial charge in [-0.25, -0.2) is 0 Å². The smallest absolute Gasteiger partial charge is 0.263 e. The molecule has 2 heterocycles. The minimum absolute atomic E-state index is 0.116. The number of carbonyl (C=O) groups excluding carboxylic acids is 1. The molecule has 0 atom stereocenters. The number of thiophene rings is 1. The first-order chi connectivity index (χ1) is 9.58. The van der Waals surface area contributed by atoms with Crippen molar-refractivity contribution in [2.45, 2.75) is 33.1 Å². The van der Waals surface area contributed by atoms with Gasteiger partial charge in [-0.15, -0.1) is 11.3 Å². The number of rotatable bonds is 2. The van der Waals surface area contributed by atoms with Gasteiger partial charge in [0.25, 0.3) is 5.91 Å². The molecular formula is C16H21NO2S. The number of hydrogen-bond donors (Lipinski definition) is 1. The molecule has 3 nitrogen and oxygen atoms in total. The van der Waals surface area contributed by atoms with Gasteiger partial charge in [-0.05, 0) is 30.4 Å². The molecule has 0 unspecified atom stereocenters. The van der Waals surface area contributed by atoms with Crippen LogP contribution < -0.4 is 0 Å². The van der Waals surface area contributed by atoms with Crippen LogP contribution in [0, 0.1) is 17.3 Å². The lowest BCUT2D eigenvalue weighted by molar-refractivity contribution is 0.0605. The van der Waals surface area contributed by atoms with E-state index in [1.165, 1.54) is 17.8 Å². The summed E-state index contributed by atoms with van der Waals surface area (Å²) in [6, 6.07) is 3.68. The van der Waals surface area contributed by atoms with Crippen LogP contribution in [0.5, 0.6) is 0 Å². The number of hydrogen-bond acceptors (Lipinski definition) is 3. The van der Waals surface area contributed by atoms with E-state index in [1.54, 1.807) is 0 Å². The van der Waals surface area contributed by atoms with E-state index in [0.717, 1.165) is 35.7 Å². The molecule has 1 N–H and O–H groups in total. The molecule has 0 bridgehead atoms. The summed E-state index contributed by atoms with van der Waals surface area (Å²) in [5.74, 6) is 5.56. The van der Waals surface area contributed by atoms with Crippen LogP contribution >= 0.6 is 11.3 Å². The molecule has 0 aliphatic carbocycles. The van der Waals surface area contributed by atoms with Crippen LogP contribution in [0.15, 0.2) is 12.1 Å². The van der Waals surface area contributed by atoms with Crippen molar-refractivity contribution in [3.63, 3.8) is 0 Å². The highest BCUT2D eigenvalue weighted by Crippen LogP contribution is 2.34. The van der Waals surface area contributed by atoms with E-state index in [-0.39, 0.29) is 12.5 Å². The molecule has 1 amide bonds. The highest BCUT2D eigenvalue weighted by Gasteiger charge is 2.30. The van der Waals surface area contributed by atoms with E-state index < -0.39 is 0 Å². The Hall–Kier alpha value is -1.31. The molecule has 4 heteroatoms. The summed E-state index contributed by atoms with van der Waals surface area (Å²) in [6.07, 6.45) is 3.34. The summed E-state index contributed by atoms with van der Waals surface area (Å²) in [7, 11) is 0. The van der Waals surface area contributed by atoms with Gasteiger partial charge in [-0.2, -0.15) is 0 Å². The fourth-order valence-corrected chi connectivity index (χ4v) is 3.25. The predicted molar refractivity (Wildman–Crippen MR) is 81.8 cm³/mol. The van der Waals surface area contributed by atoms with Crippen LogP contribution in [0.3, 0.4) is 0 Å². The lowest BCUT2D eigenvalue weighted by Crippen LogP contribution is -2.41. The Balaban J connectivity index is 2.00. The molecule has 0 spiro atoms. The van der Waals surface area contributed by atoms with Crippen molar-refractivity contribution in [1.29, 1.82) is 0 Å². The Bertz CT molecular complexity index is 530. The third kappa shape index (κ3) is 3.41. The average Bonchev–Trinajstić information content (AvgIpc) is 2.94. The van der Waals surface area contributed by atoms with E-state index in [4.69, 9.17) is 5.11 Å². The predicted octanol–water partition coefficient (Wildman–Crippen LogP) is 2.74. The van der Waals surface area contributed by atoms with Gasteiger partial charge in [0.1, 0.15) is 6.61 Å². The van der Waals surface area contributed by atoms with E-state index in [1.807, 2.05) is 17.0 Å². The Morgan fingerprint density at radius 2 is 2.15 bits per heavy atom. The average molecular weight is 291 g/mol. The monoisotopic (exact) mass is 291 g/mol. The summed E-state index contributed by atoms with van der Waals surface area (Å²) >= 11 is 1.40. The second-order valence-corrected chi connectivity index (χ2v) is 6.66. The topological polar surface area (TPSA) is 40.5 Å². The van der Waals surface area contributed by atoms with Gasteiger partial charge in [-0.1, -0.05) is 32.1 Å². The van der Waals surface area contributed by atoms with E-state index >= 15 is 0 Å². The van der Waals surface area contributed by atoms with Crippen LogP contribution in [-0.4, -0.2) is 35.6 Å². The molecule has 1 aromatic rings. The van der Waals surface area contributed by atoms with Gasteiger partial charge in [0.05, 0.1) is 9.75 Å². The number of aliphatic hydroxyl groups is 1. The third-order valence-corrected chi connectivity index (χ3v) is 5.21. The zero-order valence-electron chi connectivity index (χ0n) is 12.1. The maximum Gasteiger partial charge on any atom is 0.263 e. The van der Waals surface area contributed by atoms with E-state index in [0.29, 0.717) is 5.41 Å². The van der Waals surface area contributed by atoms with Crippen LogP contribution in [0.1, 0.15) is 47.7 Å². The molecule has 108 valence electrons. The van der Waals surface area contributed by atoms with Gasteiger partial charge in [0.15, 0.2) is 0 Å². The fraction of sp³-hybridized carbons (Fsp3) is 0.562. The van der Waals surface area contributed by atoms with Crippen molar-refractivity contribution in [2.24, 2.45) is 5.41 Å². The summed E-state index contributed by atoms with van der Waals surface area (Å²) in [6.45, 7) is 6.08. The minimum atomic E-state index is -0.150. The lowest BCUT2D eigenvalue weighted by Gasteiger charge is -2.38. The van der Waals surface area contributed by atoms with Gasteiger partial charge in [0.2, 0.25) is 0 Å². The van der Waals surface area contributed by atoms with Crippen molar-refractivity contribution in [3.8, 4) is 11.8 Å². The Morgan fingerprint density at radius 3 is 2.75 bits per heavy atom. The quantitative estimate of drug-likeness (QED) is 0.851. The number of piperidine rings is 1. The maximum atomic E-state index is 12.4. The molecule has 0 saturated carbocycles. The molecule has 1 aromatic heterocycles. The van der Waals surface area contributed by atoms with Crippen molar-refractivity contribution >= 4 is 17.2 Å². The second kappa shape index (κ2) is 6.43. The molecule has 1 saturated heterocycles. The summed E-state index contributed by atoms with van der Waals surface area (Å²) in [5.41, 5.74) is 0.393. The minimum Gasteiger partial charge on any atom is -0.384 e. The van der Waals surface area contributed by atoms with Crippen LogP contribution in [0.25, 0.3) is 0 Å². The fourth-order valence-electron chi connectivity index (χ4n) is 2.41. The summed E-state index contributed by atoms with van der Waals surface area (Å²) < 4.78 is 0. The van der Waals surface area contributed by atoms with Gasteiger partial charge in [-0.3, -0.25) is 4.79 Å². The summed E-state index contributed by atoms with van der Waals surface area (Å²) in [5, 5.41) is 8.68. The Kier molecular flexibility index (Phi) is 4.85. The van der Waals surface area contributed by atoms with Crippen molar-refractivity contribution in [1.82, 2.24) is 4.90 Å². The molecule has 0 aromatic carbocycles. The molecule has 1 aliphatic rings. The molecule has 20 heavy (non-hydrogen) atoms. The van der Waals surface area contributed by atoms with E-state index in [2.05, 4.69) is 25.7 Å². The SMILES string of the molecule is CCC1(C)CCN(C(=O)c2ccc(C#CCO)s2)CC1. The third-order valence-electron chi connectivity index (χ3n) is 4.22. The van der Waals surface area contributed by atoms with Crippen LogP contribution in [0.2, 0.25) is 0 Å². The standard InChI is InChI=1S/C16H21NO2S/c1-3-16(2)8-10-17(11-9-16)15(19)14-7-6-13(20-14)5-4-12-18/h6-7,18H,3,8-12H2,1-2H3. The molecule has 0 radical (unpaired) electrons. The zero-order chi connectivity index (χ0) is 14.6. The molecule has 2 rings (SSSR count). The lowest BCUT2D eigenvalue weighted by atomic mass is 9.78. The highest BCUT2D eigenvalue weighted by atomic mass is 32.1.